The van der Waals surface area contributed by atoms with Gasteiger partial charge in [0.25, 0.3) is 5.91 Å². The molecule has 0 atom stereocenters. The summed E-state index contributed by atoms with van der Waals surface area (Å²) in [5.41, 5.74) is 0.506. The van der Waals surface area contributed by atoms with Gasteiger partial charge >= 0.3 is 0 Å². The van der Waals surface area contributed by atoms with Gasteiger partial charge in [-0.15, -0.1) is 0 Å². The zero-order chi connectivity index (χ0) is 13.2. The van der Waals surface area contributed by atoms with Crippen LogP contribution >= 0.6 is 0 Å². The number of hydrogen-bond donors (Lipinski definition) is 2. The minimum Gasteiger partial charge on any atom is -0.355 e. The molecule has 6 heteroatoms. The van der Waals surface area contributed by atoms with E-state index in [0.717, 1.165) is 0 Å². The second-order valence-corrected chi connectivity index (χ2v) is 3.54. The summed E-state index contributed by atoms with van der Waals surface area (Å²) in [5.74, 6) is -0.484. The van der Waals surface area contributed by atoms with Crippen molar-refractivity contribution < 1.29 is 9.59 Å². The lowest BCUT2D eigenvalue weighted by molar-refractivity contribution is -0.120. The van der Waals surface area contributed by atoms with E-state index in [1.807, 2.05) is 0 Å². The lowest BCUT2D eigenvalue weighted by Gasteiger charge is -2.05. The predicted molar refractivity (Wildman–Crippen MR) is 64.4 cm³/mol. The van der Waals surface area contributed by atoms with Crippen LogP contribution in [0.2, 0.25) is 0 Å². The molecule has 1 aromatic rings. The lowest BCUT2D eigenvalue weighted by atomic mass is 10.2. The molecule has 0 aliphatic heterocycles. The van der Waals surface area contributed by atoms with Crippen LogP contribution in [0.5, 0.6) is 0 Å². The van der Waals surface area contributed by atoms with Gasteiger partial charge in [0.1, 0.15) is 6.42 Å². The Morgan fingerprint density at radius 3 is 2.78 bits per heavy atom. The molecule has 0 spiro atoms. The minimum atomic E-state index is -0.295. The first-order valence-corrected chi connectivity index (χ1v) is 5.56. The van der Waals surface area contributed by atoms with E-state index in [1.54, 1.807) is 24.4 Å². The number of nitrogens with zero attached hydrogens (tertiary/aromatic N) is 2. The fourth-order valence-electron chi connectivity index (χ4n) is 1.25. The summed E-state index contributed by atoms with van der Waals surface area (Å²) in [6.45, 7) is 0.897. The molecular weight excluding hydrogens is 232 g/mol. The molecule has 2 N–H and O–H groups in total. The van der Waals surface area contributed by atoms with E-state index in [1.165, 1.54) is 6.20 Å². The first kappa shape index (κ1) is 13.6. The lowest BCUT2D eigenvalue weighted by Crippen LogP contribution is -2.29. The molecular formula is C12H14N4O2. The molecule has 0 aliphatic rings. The van der Waals surface area contributed by atoms with Gasteiger partial charge in [0, 0.05) is 25.5 Å². The standard InChI is InChI=1S/C12H14N4O2/c13-5-4-11(17)15-7-2-8-16-12(18)10-3-1-6-14-9-10/h1,3,6,9H,2,4,7-8H2,(H,15,17)(H,16,18). The average molecular weight is 246 g/mol. The molecule has 0 saturated carbocycles. The maximum absolute atomic E-state index is 11.6. The van der Waals surface area contributed by atoms with Crippen LogP contribution in [0.4, 0.5) is 0 Å². The Balaban J connectivity index is 2.14. The van der Waals surface area contributed by atoms with Crippen molar-refractivity contribution in [2.45, 2.75) is 12.8 Å². The smallest absolute Gasteiger partial charge is 0.252 e. The second kappa shape index (κ2) is 7.79. The van der Waals surface area contributed by atoms with Crippen molar-refractivity contribution in [1.82, 2.24) is 15.6 Å². The van der Waals surface area contributed by atoms with Crippen molar-refractivity contribution in [3.05, 3.63) is 30.1 Å². The number of carbonyl (C=O) groups excluding carboxylic acids is 2. The van der Waals surface area contributed by atoms with Crippen LogP contribution in [-0.2, 0) is 4.79 Å². The van der Waals surface area contributed by atoms with E-state index in [0.29, 0.717) is 25.1 Å². The molecule has 94 valence electrons. The third-order valence-corrected chi connectivity index (χ3v) is 2.12. The molecule has 18 heavy (non-hydrogen) atoms. The molecule has 0 fully saturated rings. The van der Waals surface area contributed by atoms with E-state index >= 15 is 0 Å². The van der Waals surface area contributed by atoms with Crippen molar-refractivity contribution >= 4 is 11.8 Å². The Labute approximate surface area is 105 Å². The van der Waals surface area contributed by atoms with Crippen molar-refractivity contribution in [1.29, 1.82) is 5.26 Å². The maximum Gasteiger partial charge on any atom is 0.252 e. The molecule has 0 bridgehead atoms. The summed E-state index contributed by atoms with van der Waals surface area (Å²) >= 11 is 0. The van der Waals surface area contributed by atoms with Gasteiger partial charge in [0.15, 0.2) is 0 Å². The molecule has 6 nitrogen and oxygen atoms in total. The summed E-state index contributed by atoms with van der Waals surface area (Å²) in [6, 6.07) is 5.13. The molecule has 0 saturated heterocycles. The largest absolute Gasteiger partial charge is 0.355 e. The molecule has 1 heterocycles. The van der Waals surface area contributed by atoms with Gasteiger partial charge in [-0.05, 0) is 18.6 Å². The summed E-state index contributed by atoms with van der Waals surface area (Å²) in [4.78, 5) is 26.3. The van der Waals surface area contributed by atoms with Gasteiger partial charge in [-0.3, -0.25) is 14.6 Å². The SMILES string of the molecule is N#CCC(=O)NCCCNC(=O)c1cccnc1. The van der Waals surface area contributed by atoms with E-state index in [2.05, 4.69) is 15.6 Å². The third-order valence-electron chi connectivity index (χ3n) is 2.12. The average Bonchev–Trinajstić information content (AvgIpc) is 2.39. The van der Waals surface area contributed by atoms with E-state index in [-0.39, 0.29) is 18.2 Å². The number of carbonyl (C=O) groups is 2. The highest BCUT2D eigenvalue weighted by atomic mass is 16.2. The van der Waals surface area contributed by atoms with E-state index in [9.17, 15) is 9.59 Å². The van der Waals surface area contributed by atoms with E-state index in [4.69, 9.17) is 5.26 Å². The van der Waals surface area contributed by atoms with Gasteiger partial charge in [-0.1, -0.05) is 0 Å². The van der Waals surface area contributed by atoms with Crippen LogP contribution < -0.4 is 10.6 Å². The second-order valence-electron chi connectivity index (χ2n) is 3.54. The fourth-order valence-corrected chi connectivity index (χ4v) is 1.25. The number of rotatable bonds is 6. The normalized spacial score (nSPS) is 9.28. The zero-order valence-electron chi connectivity index (χ0n) is 9.85. The number of aromatic nitrogens is 1. The van der Waals surface area contributed by atoms with Crippen molar-refractivity contribution in [2.75, 3.05) is 13.1 Å². The summed E-state index contributed by atoms with van der Waals surface area (Å²) in [6.07, 6.45) is 3.57. The minimum absolute atomic E-state index is 0.137. The van der Waals surface area contributed by atoms with Crippen molar-refractivity contribution in [3.8, 4) is 6.07 Å². The first-order valence-electron chi connectivity index (χ1n) is 5.56. The van der Waals surface area contributed by atoms with Crippen LogP contribution in [0.15, 0.2) is 24.5 Å². The van der Waals surface area contributed by atoms with Gasteiger partial charge in [-0.25, -0.2) is 0 Å². The maximum atomic E-state index is 11.6. The van der Waals surface area contributed by atoms with Crippen LogP contribution in [0.1, 0.15) is 23.2 Å². The molecule has 1 aromatic heterocycles. The Bertz CT molecular complexity index is 439. The summed E-state index contributed by atoms with van der Waals surface area (Å²) in [5, 5.41) is 13.5. The van der Waals surface area contributed by atoms with Crippen LogP contribution in [0.3, 0.4) is 0 Å². The highest BCUT2D eigenvalue weighted by Gasteiger charge is 2.03. The molecule has 0 radical (unpaired) electrons. The topological polar surface area (TPSA) is 94.9 Å². The van der Waals surface area contributed by atoms with Crippen LogP contribution in [0.25, 0.3) is 0 Å². The highest BCUT2D eigenvalue weighted by molar-refractivity contribution is 5.93. The Morgan fingerprint density at radius 2 is 2.11 bits per heavy atom. The van der Waals surface area contributed by atoms with Gasteiger partial charge in [0.2, 0.25) is 5.91 Å². The number of nitrogens with one attached hydrogen (secondary N) is 2. The van der Waals surface area contributed by atoms with Crippen LogP contribution in [-0.4, -0.2) is 29.9 Å². The predicted octanol–water partition coefficient (Wildman–Crippen LogP) is 0.231. The Kier molecular flexibility index (Phi) is 5.90. The molecule has 1 rings (SSSR count). The van der Waals surface area contributed by atoms with Gasteiger partial charge < -0.3 is 10.6 Å². The monoisotopic (exact) mass is 246 g/mol. The fraction of sp³-hybridized carbons (Fsp3) is 0.333. The molecule has 2 amide bonds. The molecule has 0 unspecified atom stereocenters. The summed E-state index contributed by atoms with van der Waals surface area (Å²) < 4.78 is 0. The highest BCUT2D eigenvalue weighted by Crippen LogP contribution is 1.94. The number of nitriles is 1. The quantitative estimate of drug-likeness (QED) is 0.702. The number of amides is 2. The summed E-state index contributed by atoms with van der Waals surface area (Å²) in [7, 11) is 0. The Morgan fingerprint density at radius 1 is 1.33 bits per heavy atom. The van der Waals surface area contributed by atoms with Gasteiger partial charge in [-0.2, -0.15) is 5.26 Å². The molecule has 0 aliphatic carbocycles. The molecule has 0 aromatic carbocycles. The van der Waals surface area contributed by atoms with E-state index < -0.39 is 0 Å². The van der Waals surface area contributed by atoms with Gasteiger partial charge in [0.05, 0.1) is 11.6 Å². The van der Waals surface area contributed by atoms with Crippen molar-refractivity contribution in [3.63, 3.8) is 0 Å². The number of pyridine rings is 1. The number of hydrogen-bond acceptors (Lipinski definition) is 4. The first-order chi connectivity index (χ1) is 8.74. The third kappa shape index (κ3) is 5.07. The van der Waals surface area contributed by atoms with Crippen molar-refractivity contribution in [2.24, 2.45) is 0 Å². The Hall–Kier alpha value is -2.42. The zero-order valence-corrected chi connectivity index (χ0v) is 9.85. The van der Waals surface area contributed by atoms with Crippen LogP contribution in [0, 0.1) is 11.3 Å².